The number of aromatic nitrogens is 3. The number of nitrogens with zero attached hydrogens (tertiary/aromatic N) is 4. The highest BCUT2D eigenvalue weighted by Crippen LogP contribution is 2.31. The molecule has 24 heavy (non-hydrogen) atoms. The number of thiophene rings is 1. The van der Waals surface area contributed by atoms with E-state index in [1.165, 1.54) is 0 Å². The van der Waals surface area contributed by atoms with Gasteiger partial charge in [-0.15, -0.1) is 11.3 Å². The average molecular weight is 340 g/mol. The molecule has 1 saturated heterocycles. The second kappa shape index (κ2) is 6.83. The lowest BCUT2D eigenvalue weighted by molar-refractivity contribution is 0.115. The normalized spacial score (nSPS) is 17.5. The van der Waals surface area contributed by atoms with Crippen LogP contribution < -0.4 is 4.90 Å². The summed E-state index contributed by atoms with van der Waals surface area (Å²) in [5.74, 6) is 1.67. The van der Waals surface area contributed by atoms with Gasteiger partial charge in [-0.2, -0.15) is 0 Å². The Morgan fingerprint density at radius 3 is 3.00 bits per heavy atom. The van der Waals surface area contributed by atoms with Crippen LogP contribution in [0.15, 0.2) is 35.8 Å². The molecule has 1 unspecified atom stereocenters. The van der Waals surface area contributed by atoms with Gasteiger partial charge in [-0.25, -0.2) is 9.97 Å². The highest BCUT2D eigenvalue weighted by atomic mass is 32.1. The number of fused-ring (bicyclic) bond motifs is 1. The first-order valence-electron chi connectivity index (χ1n) is 8.38. The summed E-state index contributed by atoms with van der Waals surface area (Å²) in [6.07, 6.45) is 4.36. The Hall–Kier alpha value is -2.05. The topological polar surface area (TPSA) is 51.1 Å². The quantitative estimate of drug-likeness (QED) is 0.708. The van der Waals surface area contributed by atoms with Crippen molar-refractivity contribution in [3.63, 3.8) is 0 Å². The van der Waals surface area contributed by atoms with Crippen LogP contribution in [0.2, 0.25) is 0 Å². The van der Waals surface area contributed by atoms with Gasteiger partial charge in [0.15, 0.2) is 5.82 Å². The first-order chi connectivity index (χ1) is 11.8. The molecular formula is C18H20N4OS. The van der Waals surface area contributed by atoms with Crippen molar-refractivity contribution in [1.29, 1.82) is 0 Å². The summed E-state index contributed by atoms with van der Waals surface area (Å²) in [4.78, 5) is 17.3. The van der Waals surface area contributed by atoms with Gasteiger partial charge >= 0.3 is 0 Å². The fraction of sp³-hybridized carbons (Fsp3) is 0.389. The smallest absolute Gasteiger partial charge is 0.181 e. The maximum atomic E-state index is 5.82. The van der Waals surface area contributed by atoms with Gasteiger partial charge in [0, 0.05) is 25.9 Å². The SMILES string of the molecule is CCN(CC1CCCO1)c1nc(-c2ccccn2)nc2sccc12. The Balaban J connectivity index is 1.76. The van der Waals surface area contributed by atoms with Crippen LogP contribution in [0.4, 0.5) is 5.82 Å². The number of pyridine rings is 1. The van der Waals surface area contributed by atoms with E-state index in [-0.39, 0.29) is 0 Å². The van der Waals surface area contributed by atoms with E-state index in [0.717, 1.165) is 54.3 Å². The summed E-state index contributed by atoms with van der Waals surface area (Å²) in [5, 5.41) is 3.19. The minimum atomic E-state index is 0.298. The van der Waals surface area contributed by atoms with Gasteiger partial charge in [0.05, 0.1) is 11.5 Å². The molecular weight excluding hydrogens is 320 g/mol. The fourth-order valence-corrected chi connectivity index (χ4v) is 3.85. The largest absolute Gasteiger partial charge is 0.376 e. The minimum Gasteiger partial charge on any atom is -0.376 e. The average Bonchev–Trinajstić information content (AvgIpc) is 3.31. The van der Waals surface area contributed by atoms with Crippen molar-refractivity contribution in [2.45, 2.75) is 25.9 Å². The molecule has 0 aliphatic carbocycles. The Morgan fingerprint density at radius 2 is 2.25 bits per heavy atom. The zero-order chi connectivity index (χ0) is 16.4. The molecule has 5 nitrogen and oxygen atoms in total. The molecule has 0 spiro atoms. The summed E-state index contributed by atoms with van der Waals surface area (Å²) < 4.78 is 5.82. The molecule has 3 aromatic heterocycles. The highest BCUT2D eigenvalue weighted by Gasteiger charge is 2.22. The maximum absolute atomic E-state index is 5.82. The van der Waals surface area contributed by atoms with Crippen LogP contribution >= 0.6 is 11.3 Å². The zero-order valence-electron chi connectivity index (χ0n) is 13.7. The van der Waals surface area contributed by atoms with Crippen molar-refractivity contribution in [2.75, 3.05) is 24.6 Å². The van der Waals surface area contributed by atoms with Crippen LogP contribution in [0.3, 0.4) is 0 Å². The lowest BCUT2D eigenvalue weighted by atomic mass is 10.2. The van der Waals surface area contributed by atoms with Crippen LogP contribution in [0.5, 0.6) is 0 Å². The third kappa shape index (κ3) is 2.99. The summed E-state index contributed by atoms with van der Waals surface area (Å²) in [6, 6.07) is 7.93. The molecule has 0 bridgehead atoms. The zero-order valence-corrected chi connectivity index (χ0v) is 14.5. The van der Waals surface area contributed by atoms with E-state index in [0.29, 0.717) is 11.9 Å². The monoisotopic (exact) mass is 340 g/mol. The van der Waals surface area contributed by atoms with E-state index in [1.807, 2.05) is 18.2 Å². The van der Waals surface area contributed by atoms with Crippen LogP contribution in [-0.4, -0.2) is 40.8 Å². The Kier molecular flexibility index (Phi) is 4.40. The molecule has 1 aliphatic rings. The van der Waals surface area contributed by atoms with Crippen LogP contribution in [-0.2, 0) is 4.74 Å². The molecule has 0 amide bonds. The van der Waals surface area contributed by atoms with Crippen LogP contribution in [0.25, 0.3) is 21.7 Å². The van der Waals surface area contributed by atoms with E-state index in [2.05, 4.69) is 28.3 Å². The number of hydrogen-bond donors (Lipinski definition) is 0. The molecule has 0 N–H and O–H groups in total. The van der Waals surface area contributed by atoms with Crippen molar-refractivity contribution < 1.29 is 4.74 Å². The van der Waals surface area contributed by atoms with E-state index in [9.17, 15) is 0 Å². The van der Waals surface area contributed by atoms with Crippen LogP contribution in [0, 0.1) is 0 Å². The summed E-state index contributed by atoms with van der Waals surface area (Å²) in [5.41, 5.74) is 0.808. The van der Waals surface area contributed by atoms with E-state index in [1.54, 1.807) is 17.5 Å². The minimum absolute atomic E-state index is 0.298. The lowest BCUT2D eigenvalue weighted by Gasteiger charge is -2.25. The maximum Gasteiger partial charge on any atom is 0.181 e. The lowest BCUT2D eigenvalue weighted by Crippen LogP contribution is -2.32. The van der Waals surface area contributed by atoms with Gasteiger partial charge in [0.25, 0.3) is 0 Å². The molecule has 4 heterocycles. The van der Waals surface area contributed by atoms with Gasteiger partial charge < -0.3 is 9.64 Å². The second-order valence-corrected chi connectivity index (χ2v) is 6.79. The predicted molar refractivity (Wildman–Crippen MR) is 97.5 cm³/mol. The van der Waals surface area contributed by atoms with Crippen molar-refractivity contribution in [1.82, 2.24) is 15.0 Å². The van der Waals surface area contributed by atoms with Gasteiger partial charge in [-0.3, -0.25) is 4.98 Å². The Labute approximate surface area is 145 Å². The second-order valence-electron chi connectivity index (χ2n) is 5.90. The molecule has 0 radical (unpaired) electrons. The molecule has 3 aromatic rings. The molecule has 1 atom stereocenters. The molecule has 124 valence electrons. The molecule has 4 rings (SSSR count). The first-order valence-corrected chi connectivity index (χ1v) is 9.26. The highest BCUT2D eigenvalue weighted by molar-refractivity contribution is 7.16. The summed E-state index contributed by atoms with van der Waals surface area (Å²) in [6.45, 7) is 4.80. The number of hydrogen-bond acceptors (Lipinski definition) is 6. The number of ether oxygens (including phenoxy) is 1. The van der Waals surface area contributed by atoms with Crippen LogP contribution in [0.1, 0.15) is 19.8 Å². The van der Waals surface area contributed by atoms with E-state index < -0.39 is 0 Å². The standard InChI is InChI=1S/C18H20N4OS/c1-2-22(12-13-6-5-10-23-13)17-14-8-11-24-18(14)21-16(20-17)15-7-3-4-9-19-15/h3-4,7-9,11,13H,2,5-6,10,12H2,1H3. The molecule has 1 fully saturated rings. The van der Waals surface area contributed by atoms with E-state index >= 15 is 0 Å². The number of rotatable bonds is 5. The van der Waals surface area contributed by atoms with Gasteiger partial charge in [-0.05, 0) is 43.3 Å². The van der Waals surface area contributed by atoms with Crippen molar-refractivity contribution in [3.8, 4) is 11.5 Å². The number of likely N-dealkylation sites (N-methyl/N-ethyl adjacent to an activating group) is 1. The molecule has 0 aromatic carbocycles. The van der Waals surface area contributed by atoms with E-state index in [4.69, 9.17) is 14.7 Å². The summed E-state index contributed by atoms with van der Waals surface area (Å²) >= 11 is 1.64. The van der Waals surface area contributed by atoms with Gasteiger partial charge in [0.1, 0.15) is 16.3 Å². The third-order valence-electron chi connectivity index (χ3n) is 4.33. The van der Waals surface area contributed by atoms with Gasteiger partial charge in [-0.1, -0.05) is 6.07 Å². The summed E-state index contributed by atoms with van der Waals surface area (Å²) in [7, 11) is 0. The van der Waals surface area contributed by atoms with Gasteiger partial charge in [0.2, 0.25) is 0 Å². The Morgan fingerprint density at radius 1 is 1.29 bits per heavy atom. The van der Waals surface area contributed by atoms with Crippen molar-refractivity contribution in [2.24, 2.45) is 0 Å². The van der Waals surface area contributed by atoms with Crippen molar-refractivity contribution >= 4 is 27.4 Å². The van der Waals surface area contributed by atoms with Crippen molar-refractivity contribution in [3.05, 3.63) is 35.8 Å². The fourth-order valence-electron chi connectivity index (χ4n) is 3.09. The molecule has 0 saturated carbocycles. The third-order valence-corrected chi connectivity index (χ3v) is 5.13. The Bertz CT molecular complexity index is 814. The predicted octanol–water partition coefficient (Wildman–Crippen LogP) is 3.76. The molecule has 6 heteroatoms. The first kappa shape index (κ1) is 15.5. The number of anilines is 1. The molecule has 1 aliphatic heterocycles.